The molecule has 6 nitrogen and oxygen atoms in total. The van der Waals surface area contributed by atoms with E-state index in [1.54, 1.807) is 0 Å². The van der Waals surface area contributed by atoms with Gasteiger partial charge in [0, 0.05) is 26.2 Å². The molecular formula is C18H36IN5O. The third-order valence-corrected chi connectivity index (χ3v) is 4.82. The van der Waals surface area contributed by atoms with Crippen LogP contribution in [0.3, 0.4) is 0 Å². The summed E-state index contributed by atoms with van der Waals surface area (Å²) in [4.78, 5) is 21.0. The highest BCUT2D eigenvalue weighted by atomic mass is 127. The molecule has 0 aromatic carbocycles. The molecule has 0 spiro atoms. The van der Waals surface area contributed by atoms with E-state index in [4.69, 9.17) is 0 Å². The minimum Gasteiger partial charge on any atom is -0.357 e. The number of carbonyl (C=O) groups excluding carboxylic acids is 1. The number of halogens is 1. The summed E-state index contributed by atoms with van der Waals surface area (Å²) in [7, 11) is 0. The molecule has 2 heterocycles. The van der Waals surface area contributed by atoms with Crippen LogP contribution >= 0.6 is 24.0 Å². The quantitative estimate of drug-likeness (QED) is 0.262. The van der Waals surface area contributed by atoms with E-state index in [-0.39, 0.29) is 36.4 Å². The first-order valence-corrected chi connectivity index (χ1v) is 9.82. The van der Waals surface area contributed by atoms with Crippen molar-refractivity contribution in [2.24, 2.45) is 4.99 Å². The van der Waals surface area contributed by atoms with Gasteiger partial charge in [-0.2, -0.15) is 0 Å². The monoisotopic (exact) mass is 465 g/mol. The van der Waals surface area contributed by atoms with E-state index >= 15 is 0 Å². The van der Waals surface area contributed by atoms with Crippen molar-refractivity contribution in [2.45, 2.75) is 51.9 Å². The third-order valence-electron chi connectivity index (χ3n) is 4.82. The Kier molecular flexibility index (Phi) is 12.2. The van der Waals surface area contributed by atoms with Crippen LogP contribution in [0.1, 0.15) is 51.9 Å². The SMILES string of the molecule is CCNC(=NCC(=O)N1CCCC1)NCCCN1CCCCCC1.I. The first-order chi connectivity index (χ1) is 11.8. The van der Waals surface area contributed by atoms with Gasteiger partial charge >= 0.3 is 0 Å². The molecule has 0 aromatic heterocycles. The van der Waals surface area contributed by atoms with Crippen molar-refractivity contribution in [1.29, 1.82) is 0 Å². The molecule has 2 aliphatic heterocycles. The lowest BCUT2D eigenvalue weighted by Crippen LogP contribution is -2.40. The molecule has 0 atom stereocenters. The zero-order valence-electron chi connectivity index (χ0n) is 15.8. The van der Waals surface area contributed by atoms with Crippen molar-refractivity contribution in [3.05, 3.63) is 0 Å². The smallest absolute Gasteiger partial charge is 0.244 e. The first kappa shape index (κ1) is 22.5. The van der Waals surface area contributed by atoms with Crippen LogP contribution in [0.25, 0.3) is 0 Å². The lowest BCUT2D eigenvalue weighted by atomic mass is 10.2. The summed E-state index contributed by atoms with van der Waals surface area (Å²) < 4.78 is 0. The van der Waals surface area contributed by atoms with E-state index in [9.17, 15) is 4.79 Å². The van der Waals surface area contributed by atoms with Crippen molar-refractivity contribution < 1.29 is 4.79 Å². The average molecular weight is 465 g/mol. The predicted molar refractivity (Wildman–Crippen MR) is 115 cm³/mol. The van der Waals surface area contributed by atoms with Crippen LogP contribution in [0.4, 0.5) is 0 Å². The number of rotatable bonds is 7. The summed E-state index contributed by atoms with van der Waals surface area (Å²) in [5, 5.41) is 6.59. The Labute approximate surface area is 170 Å². The van der Waals surface area contributed by atoms with Crippen LogP contribution in [0.15, 0.2) is 4.99 Å². The molecule has 2 N–H and O–H groups in total. The Hall–Kier alpha value is -0.570. The maximum atomic E-state index is 12.1. The highest BCUT2D eigenvalue weighted by Gasteiger charge is 2.17. The highest BCUT2D eigenvalue weighted by Crippen LogP contribution is 2.09. The molecule has 25 heavy (non-hydrogen) atoms. The van der Waals surface area contributed by atoms with Gasteiger partial charge in [-0.05, 0) is 58.7 Å². The number of hydrogen-bond acceptors (Lipinski definition) is 3. The Balaban J connectivity index is 0.00000312. The topological polar surface area (TPSA) is 60.0 Å². The number of amides is 1. The van der Waals surface area contributed by atoms with E-state index in [1.165, 1.54) is 38.8 Å². The van der Waals surface area contributed by atoms with E-state index < -0.39 is 0 Å². The van der Waals surface area contributed by atoms with Gasteiger partial charge in [0.15, 0.2) is 5.96 Å². The number of likely N-dealkylation sites (tertiary alicyclic amines) is 2. The Morgan fingerprint density at radius 2 is 1.60 bits per heavy atom. The van der Waals surface area contributed by atoms with Gasteiger partial charge in [0.25, 0.3) is 0 Å². The van der Waals surface area contributed by atoms with Gasteiger partial charge in [0.2, 0.25) is 5.91 Å². The molecule has 0 aromatic rings. The third kappa shape index (κ3) is 9.08. The number of nitrogens with zero attached hydrogens (tertiary/aromatic N) is 3. The fourth-order valence-electron chi connectivity index (χ4n) is 3.42. The van der Waals surface area contributed by atoms with Gasteiger partial charge in [-0.1, -0.05) is 12.8 Å². The summed E-state index contributed by atoms with van der Waals surface area (Å²) in [6.07, 6.45) is 8.83. The maximum Gasteiger partial charge on any atom is 0.244 e. The van der Waals surface area contributed by atoms with Gasteiger partial charge in [-0.3, -0.25) is 4.79 Å². The van der Waals surface area contributed by atoms with Gasteiger partial charge < -0.3 is 20.4 Å². The fraction of sp³-hybridized carbons (Fsp3) is 0.889. The minimum atomic E-state index is 0. The number of hydrogen-bond donors (Lipinski definition) is 2. The molecule has 0 bridgehead atoms. The summed E-state index contributed by atoms with van der Waals surface area (Å²) in [6, 6.07) is 0. The molecular weight excluding hydrogens is 429 g/mol. The van der Waals surface area contributed by atoms with Gasteiger partial charge in [0.05, 0.1) is 0 Å². The molecule has 0 aliphatic carbocycles. The van der Waals surface area contributed by atoms with Crippen molar-refractivity contribution in [3.63, 3.8) is 0 Å². The second-order valence-corrected chi connectivity index (χ2v) is 6.82. The first-order valence-electron chi connectivity index (χ1n) is 9.82. The molecule has 146 valence electrons. The second kappa shape index (κ2) is 13.6. The zero-order valence-corrected chi connectivity index (χ0v) is 18.1. The van der Waals surface area contributed by atoms with Crippen molar-refractivity contribution in [1.82, 2.24) is 20.4 Å². The van der Waals surface area contributed by atoms with Crippen molar-refractivity contribution in [2.75, 3.05) is 52.4 Å². The van der Waals surface area contributed by atoms with E-state index in [0.717, 1.165) is 57.9 Å². The van der Waals surface area contributed by atoms with Crippen LogP contribution in [0.5, 0.6) is 0 Å². The van der Waals surface area contributed by atoms with Gasteiger partial charge in [0.1, 0.15) is 6.54 Å². The van der Waals surface area contributed by atoms with E-state index in [1.807, 2.05) is 4.90 Å². The number of aliphatic imine (C=N–C) groups is 1. The molecule has 1 amide bonds. The molecule has 2 aliphatic rings. The van der Waals surface area contributed by atoms with E-state index in [0.29, 0.717) is 0 Å². The highest BCUT2D eigenvalue weighted by molar-refractivity contribution is 14.0. The lowest BCUT2D eigenvalue weighted by molar-refractivity contribution is -0.128. The number of nitrogens with one attached hydrogen (secondary N) is 2. The largest absolute Gasteiger partial charge is 0.357 e. The average Bonchev–Trinajstić information content (AvgIpc) is 3.01. The molecule has 0 radical (unpaired) electrons. The van der Waals surface area contributed by atoms with Crippen LogP contribution in [0.2, 0.25) is 0 Å². The van der Waals surface area contributed by atoms with Crippen molar-refractivity contribution >= 4 is 35.8 Å². The molecule has 2 saturated heterocycles. The summed E-state index contributed by atoms with van der Waals surface area (Å²) in [5.74, 6) is 0.912. The van der Waals surface area contributed by atoms with Crippen LogP contribution in [-0.2, 0) is 4.79 Å². The minimum absolute atomic E-state index is 0. The molecule has 7 heteroatoms. The Morgan fingerprint density at radius 1 is 0.960 bits per heavy atom. The normalized spacial score (nSPS) is 19.2. The Bertz CT molecular complexity index is 391. The van der Waals surface area contributed by atoms with Gasteiger partial charge in [-0.25, -0.2) is 4.99 Å². The molecule has 0 saturated carbocycles. The molecule has 2 fully saturated rings. The number of carbonyl (C=O) groups is 1. The van der Waals surface area contributed by atoms with Gasteiger partial charge in [-0.15, -0.1) is 24.0 Å². The van der Waals surface area contributed by atoms with Crippen molar-refractivity contribution in [3.8, 4) is 0 Å². The fourth-order valence-corrected chi connectivity index (χ4v) is 3.42. The lowest BCUT2D eigenvalue weighted by Gasteiger charge is -2.20. The summed E-state index contributed by atoms with van der Waals surface area (Å²) >= 11 is 0. The van der Waals surface area contributed by atoms with Crippen LogP contribution < -0.4 is 10.6 Å². The maximum absolute atomic E-state index is 12.1. The predicted octanol–water partition coefficient (Wildman–Crippen LogP) is 2.05. The molecule has 0 unspecified atom stereocenters. The zero-order chi connectivity index (χ0) is 17.0. The molecule has 2 rings (SSSR count). The summed E-state index contributed by atoms with van der Waals surface area (Å²) in [5.41, 5.74) is 0. The van der Waals surface area contributed by atoms with E-state index in [2.05, 4.69) is 27.4 Å². The van der Waals surface area contributed by atoms with Crippen LogP contribution in [-0.4, -0.2) is 74.0 Å². The Morgan fingerprint density at radius 3 is 2.24 bits per heavy atom. The number of guanidine groups is 1. The summed E-state index contributed by atoms with van der Waals surface area (Å²) in [6.45, 7) is 9.46. The standard InChI is InChI=1S/C18H35N5O.HI/c1-2-19-18(21-16-17(24)23-14-7-8-15-23)20-10-9-13-22-11-5-3-4-6-12-22;/h2-16H2,1H3,(H2,19,20,21);1H. The van der Waals surface area contributed by atoms with Crippen LogP contribution in [0, 0.1) is 0 Å². The second-order valence-electron chi connectivity index (χ2n) is 6.82.